The highest BCUT2D eigenvalue weighted by Crippen LogP contribution is 2.34. The maximum Gasteiger partial charge on any atom is 0.303 e. The Balaban J connectivity index is 1.73. The van der Waals surface area contributed by atoms with Crippen LogP contribution in [0.5, 0.6) is 11.6 Å². The van der Waals surface area contributed by atoms with Crippen molar-refractivity contribution in [2.45, 2.75) is 38.5 Å². The van der Waals surface area contributed by atoms with Gasteiger partial charge >= 0.3 is 5.97 Å². The summed E-state index contributed by atoms with van der Waals surface area (Å²) in [7, 11) is 0. The van der Waals surface area contributed by atoms with Crippen molar-refractivity contribution in [3.63, 3.8) is 0 Å². The Morgan fingerprint density at radius 2 is 1.89 bits per heavy atom. The topological polar surface area (TPSA) is 68.7 Å². The van der Waals surface area contributed by atoms with Crippen molar-refractivity contribution in [3.05, 3.63) is 42.1 Å². The van der Waals surface area contributed by atoms with Crippen LogP contribution in [-0.4, -0.2) is 29.3 Å². The van der Waals surface area contributed by atoms with E-state index in [1.54, 1.807) is 18.3 Å². The van der Waals surface area contributed by atoms with Crippen LogP contribution in [0.2, 0.25) is 0 Å². The van der Waals surface area contributed by atoms with Gasteiger partial charge in [-0.25, -0.2) is 13.8 Å². The first-order valence-electron chi connectivity index (χ1n) is 9.46. The van der Waals surface area contributed by atoms with E-state index in [4.69, 9.17) is 14.6 Å². The molecule has 28 heavy (non-hydrogen) atoms. The van der Waals surface area contributed by atoms with Crippen LogP contribution >= 0.6 is 0 Å². The van der Waals surface area contributed by atoms with Crippen LogP contribution in [0.4, 0.5) is 8.78 Å². The standard InChI is InChI=1S/C21H23F2NO4/c22-17-11-15(12-18(23)20(17)27-10-4-8-19(25)26)16-7-3-9-24-21(16)28-13-14-5-1-2-6-14/h3,7,9,11-12,14H,1-2,4-6,8,10,13H2,(H,25,26). The van der Waals surface area contributed by atoms with Crippen LogP contribution in [0.3, 0.4) is 0 Å². The summed E-state index contributed by atoms with van der Waals surface area (Å²) in [6, 6.07) is 5.74. The first-order chi connectivity index (χ1) is 13.5. The Morgan fingerprint density at radius 1 is 1.18 bits per heavy atom. The molecule has 0 saturated heterocycles. The molecular weight excluding hydrogens is 368 g/mol. The number of aliphatic carboxylic acids is 1. The molecule has 0 unspecified atom stereocenters. The monoisotopic (exact) mass is 391 g/mol. The number of carboxylic acid groups (broad SMARTS) is 1. The minimum Gasteiger partial charge on any atom is -0.488 e. The van der Waals surface area contributed by atoms with Crippen LogP contribution in [0.15, 0.2) is 30.5 Å². The molecule has 1 aromatic heterocycles. The van der Waals surface area contributed by atoms with E-state index < -0.39 is 23.4 Å². The third-order valence-corrected chi connectivity index (χ3v) is 4.79. The number of hydrogen-bond acceptors (Lipinski definition) is 4. The van der Waals surface area contributed by atoms with Gasteiger partial charge in [0.05, 0.1) is 13.2 Å². The highest BCUT2D eigenvalue weighted by Gasteiger charge is 2.19. The second kappa shape index (κ2) is 9.48. The number of nitrogens with zero attached hydrogens (tertiary/aromatic N) is 1. The molecule has 1 aromatic carbocycles. The van der Waals surface area contributed by atoms with Gasteiger partial charge in [-0.1, -0.05) is 12.8 Å². The fourth-order valence-corrected chi connectivity index (χ4v) is 3.35. The van der Waals surface area contributed by atoms with E-state index in [0.717, 1.165) is 12.8 Å². The molecule has 1 N–H and O–H groups in total. The third-order valence-electron chi connectivity index (χ3n) is 4.79. The van der Waals surface area contributed by atoms with Gasteiger partial charge in [0.15, 0.2) is 17.4 Å². The SMILES string of the molecule is O=C(O)CCCOc1c(F)cc(-c2cccnc2OCC2CCCC2)cc1F. The molecule has 0 spiro atoms. The van der Waals surface area contributed by atoms with Crippen LogP contribution < -0.4 is 9.47 Å². The van der Waals surface area contributed by atoms with E-state index in [-0.39, 0.29) is 19.4 Å². The Kier molecular flexibility index (Phi) is 6.79. The lowest BCUT2D eigenvalue weighted by Gasteiger charge is -2.15. The van der Waals surface area contributed by atoms with Gasteiger partial charge in [-0.2, -0.15) is 0 Å². The molecule has 3 rings (SSSR count). The van der Waals surface area contributed by atoms with Crippen LogP contribution in [-0.2, 0) is 4.79 Å². The molecule has 1 fully saturated rings. The van der Waals surface area contributed by atoms with Gasteiger partial charge in [-0.15, -0.1) is 0 Å². The summed E-state index contributed by atoms with van der Waals surface area (Å²) in [5, 5.41) is 8.60. The first-order valence-corrected chi connectivity index (χ1v) is 9.46. The van der Waals surface area contributed by atoms with E-state index in [1.165, 1.54) is 25.0 Å². The van der Waals surface area contributed by atoms with Gasteiger partial charge in [0, 0.05) is 18.2 Å². The summed E-state index contributed by atoms with van der Waals surface area (Å²) in [5.74, 6) is -2.35. The Bertz CT molecular complexity index is 799. The molecule has 0 aliphatic heterocycles. The molecule has 2 aromatic rings. The van der Waals surface area contributed by atoms with Crippen LogP contribution in [0, 0.1) is 17.6 Å². The fraction of sp³-hybridized carbons (Fsp3) is 0.429. The number of rotatable bonds is 9. The lowest BCUT2D eigenvalue weighted by atomic mass is 10.1. The van der Waals surface area contributed by atoms with Gasteiger partial charge in [0.2, 0.25) is 5.88 Å². The minimum atomic E-state index is -0.985. The maximum absolute atomic E-state index is 14.4. The molecule has 1 aliphatic carbocycles. The molecule has 0 atom stereocenters. The number of pyridine rings is 1. The van der Waals surface area contributed by atoms with Crippen molar-refractivity contribution >= 4 is 5.97 Å². The number of ether oxygens (including phenoxy) is 2. The highest BCUT2D eigenvalue weighted by atomic mass is 19.1. The summed E-state index contributed by atoms with van der Waals surface area (Å²) >= 11 is 0. The third kappa shape index (κ3) is 5.18. The minimum absolute atomic E-state index is 0.0812. The zero-order valence-corrected chi connectivity index (χ0v) is 15.5. The molecule has 1 heterocycles. The number of aromatic nitrogens is 1. The van der Waals surface area contributed by atoms with Crippen molar-refractivity contribution in [1.29, 1.82) is 0 Å². The van der Waals surface area contributed by atoms with Crippen molar-refractivity contribution in [2.75, 3.05) is 13.2 Å². The van der Waals surface area contributed by atoms with Gasteiger partial charge in [0.1, 0.15) is 0 Å². The zero-order chi connectivity index (χ0) is 19.9. The van der Waals surface area contributed by atoms with Crippen LogP contribution in [0.1, 0.15) is 38.5 Å². The summed E-state index contributed by atoms with van der Waals surface area (Å²) in [5.41, 5.74) is 0.818. The molecule has 0 amide bonds. The fourth-order valence-electron chi connectivity index (χ4n) is 3.35. The van der Waals surface area contributed by atoms with E-state index in [0.29, 0.717) is 29.5 Å². The average molecular weight is 391 g/mol. The van der Waals surface area contributed by atoms with Gasteiger partial charge in [0.25, 0.3) is 0 Å². The maximum atomic E-state index is 14.4. The van der Waals surface area contributed by atoms with E-state index in [9.17, 15) is 13.6 Å². The molecule has 7 heteroatoms. The lowest BCUT2D eigenvalue weighted by Crippen LogP contribution is -2.09. The van der Waals surface area contributed by atoms with E-state index in [2.05, 4.69) is 4.98 Å². The summed E-state index contributed by atoms with van der Waals surface area (Å²) in [6.07, 6.45) is 6.27. The molecular formula is C21H23F2NO4. The zero-order valence-electron chi connectivity index (χ0n) is 15.5. The van der Waals surface area contributed by atoms with Crippen molar-refractivity contribution < 1.29 is 28.2 Å². The predicted molar refractivity (Wildman–Crippen MR) is 99.4 cm³/mol. The number of carboxylic acids is 1. The highest BCUT2D eigenvalue weighted by molar-refractivity contribution is 5.69. The van der Waals surface area contributed by atoms with Crippen molar-refractivity contribution in [3.8, 4) is 22.8 Å². The second-order valence-electron chi connectivity index (χ2n) is 6.93. The summed E-state index contributed by atoms with van der Waals surface area (Å²) in [4.78, 5) is 14.7. The summed E-state index contributed by atoms with van der Waals surface area (Å²) < 4.78 is 39.7. The van der Waals surface area contributed by atoms with Crippen molar-refractivity contribution in [2.24, 2.45) is 5.92 Å². The quantitative estimate of drug-likeness (QED) is 0.620. The van der Waals surface area contributed by atoms with Gasteiger partial charge in [-0.3, -0.25) is 4.79 Å². The van der Waals surface area contributed by atoms with Crippen LogP contribution in [0.25, 0.3) is 11.1 Å². The summed E-state index contributed by atoms with van der Waals surface area (Å²) in [6.45, 7) is 0.460. The smallest absolute Gasteiger partial charge is 0.303 e. The molecule has 0 radical (unpaired) electrons. The Morgan fingerprint density at radius 3 is 2.57 bits per heavy atom. The van der Waals surface area contributed by atoms with E-state index >= 15 is 0 Å². The van der Waals surface area contributed by atoms with Gasteiger partial charge < -0.3 is 14.6 Å². The number of benzene rings is 1. The molecule has 5 nitrogen and oxygen atoms in total. The largest absolute Gasteiger partial charge is 0.488 e. The predicted octanol–water partition coefficient (Wildman–Crippen LogP) is 4.84. The van der Waals surface area contributed by atoms with E-state index in [1.807, 2.05) is 0 Å². The normalized spacial score (nSPS) is 14.2. The van der Waals surface area contributed by atoms with Crippen molar-refractivity contribution in [1.82, 2.24) is 4.98 Å². The Hall–Kier alpha value is -2.70. The van der Waals surface area contributed by atoms with Gasteiger partial charge in [-0.05, 0) is 55.0 Å². The average Bonchev–Trinajstić information content (AvgIpc) is 3.18. The second-order valence-corrected chi connectivity index (χ2v) is 6.93. The number of hydrogen-bond donors (Lipinski definition) is 1. The molecule has 150 valence electrons. The number of halogens is 2. The number of carbonyl (C=O) groups is 1. The Labute approximate surface area is 162 Å². The molecule has 1 aliphatic rings. The molecule has 1 saturated carbocycles. The molecule has 0 bridgehead atoms. The lowest BCUT2D eigenvalue weighted by molar-refractivity contribution is -0.137. The first kappa shape index (κ1) is 20.0.